The molecule has 0 saturated carbocycles. The third-order valence-corrected chi connectivity index (χ3v) is 5.40. The van der Waals surface area contributed by atoms with Crippen molar-refractivity contribution in [3.8, 4) is 11.9 Å². The molecule has 0 bridgehead atoms. The van der Waals surface area contributed by atoms with Crippen molar-refractivity contribution in [2.45, 2.75) is 32.1 Å². The summed E-state index contributed by atoms with van der Waals surface area (Å²) >= 11 is 0. The molecule has 162 valence electrons. The second-order valence-electron chi connectivity index (χ2n) is 7.61. The summed E-state index contributed by atoms with van der Waals surface area (Å²) in [5.41, 5.74) is 1.40. The van der Waals surface area contributed by atoms with E-state index in [2.05, 4.69) is 20.6 Å². The molecule has 2 aromatic rings. The highest BCUT2D eigenvalue weighted by Gasteiger charge is 2.23. The van der Waals surface area contributed by atoms with Gasteiger partial charge in [-0.05, 0) is 61.6 Å². The molecular weight excluding hydrogens is 392 g/mol. The normalized spacial score (nSPS) is 14.7. The zero-order valence-corrected chi connectivity index (χ0v) is 17.5. The smallest absolute Gasteiger partial charge is 0.253 e. The minimum atomic E-state index is 0.0337. The molecule has 31 heavy (non-hydrogen) atoms. The third kappa shape index (κ3) is 7.00. The van der Waals surface area contributed by atoms with Gasteiger partial charge in [0.05, 0.1) is 11.9 Å². The van der Waals surface area contributed by atoms with E-state index in [4.69, 9.17) is 5.26 Å². The van der Waals surface area contributed by atoms with E-state index in [0.717, 1.165) is 50.9 Å². The van der Waals surface area contributed by atoms with Crippen molar-refractivity contribution in [2.24, 2.45) is 10.9 Å². The number of phenolic OH excluding ortho intramolecular Hbond substituents is 1. The van der Waals surface area contributed by atoms with Crippen LogP contribution in [0, 0.1) is 17.4 Å². The molecule has 1 fully saturated rings. The fraction of sp³-hybridized carbons (Fsp3) is 0.391. The van der Waals surface area contributed by atoms with Gasteiger partial charge in [-0.15, -0.1) is 0 Å². The van der Waals surface area contributed by atoms with Gasteiger partial charge in [-0.25, -0.2) is 0 Å². The molecule has 1 aromatic carbocycles. The molecule has 0 unspecified atom stereocenters. The van der Waals surface area contributed by atoms with Crippen LogP contribution in [0.3, 0.4) is 0 Å². The van der Waals surface area contributed by atoms with Crippen molar-refractivity contribution in [2.75, 3.05) is 25.0 Å². The average Bonchev–Trinajstić information content (AvgIpc) is 2.80. The number of aromatic nitrogens is 1. The van der Waals surface area contributed by atoms with E-state index in [1.165, 1.54) is 0 Å². The number of phenols is 1. The first kappa shape index (κ1) is 22.1. The first-order chi connectivity index (χ1) is 15.2. The Morgan fingerprint density at radius 1 is 1.23 bits per heavy atom. The van der Waals surface area contributed by atoms with Crippen LogP contribution in [-0.4, -0.2) is 46.5 Å². The van der Waals surface area contributed by atoms with Gasteiger partial charge in [0.2, 0.25) is 5.96 Å². The minimum absolute atomic E-state index is 0.0337. The van der Waals surface area contributed by atoms with Crippen LogP contribution in [0.4, 0.5) is 5.69 Å². The predicted molar refractivity (Wildman–Crippen MR) is 119 cm³/mol. The number of benzene rings is 1. The zero-order valence-electron chi connectivity index (χ0n) is 17.5. The first-order valence-corrected chi connectivity index (χ1v) is 10.6. The van der Waals surface area contributed by atoms with Gasteiger partial charge >= 0.3 is 0 Å². The number of aliphatic imine (C=N–C) groups is 1. The topological polar surface area (TPSA) is 114 Å². The molecule has 1 aliphatic rings. The van der Waals surface area contributed by atoms with Crippen LogP contribution in [0.25, 0.3) is 0 Å². The Kier molecular flexibility index (Phi) is 8.23. The maximum absolute atomic E-state index is 12.6. The van der Waals surface area contributed by atoms with Crippen LogP contribution in [0.2, 0.25) is 0 Å². The molecule has 0 radical (unpaired) electrons. The predicted octanol–water partition coefficient (Wildman–Crippen LogP) is 3.35. The Hall–Kier alpha value is -3.60. The van der Waals surface area contributed by atoms with Gasteiger partial charge in [-0.1, -0.05) is 12.8 Å². The van der Waals surface area contributed by atoms with Gasteiger partial charge < -0.3 is 15.3 Å². The number of anilines is 1. The van der Waals surface area contributed by atoms with Crippen molar-refractivity contribution in [3.05, 3.63) is 54.4 Å². The average molecular weight is 421 g/mol. The van der Waals surface area contributed by atoms with Crippen LogP contribution in [-0.2, 0) is 0 Å². The van der Waals surface area contributed by atoms with E-state index < -0.39 is 0 Å². The summed E-state index contributed by atoms with van der Waals surface area (Å²) in [5, 5.41) is 23.9. The number of hydrogen-bond acceptors (Lipinski definition) is 5. The molecule has 0 spiro atoms. The number of carbonyl (C=O) groups excluding carboxylic acids is 1. The first-order valence-electron chi connectivity index (χ1n) is 10.6. The van der Waals surface area contributed by atoms with Crippen molar-refractivity contribution in [3.63, 3.8) is 0 Å². The highest BCUT2D eigenvalue weighted by Crippen LogP contribution is 2.24. The number of piperidine rings is 1. The Morgan fingerprint density at radius 3 is 2.68 bits per heavy atom. The molecule has 1 saturated heterocycles. The molecule has 0 aliphatic carbocycles. The van der Waals surface area contributed by atoms with E-state index in [9.17, 15) is 9.90 Å². The quantitative estimate of drug-likeness (QED) is 0.208. The number of guanidine groups is 1. The second kappa shape index (κ2) is 11.6. The summed E-state index contributed by atoms with van der Waals surface area (Å²) in [5.74, 6) is 1.25. The third-order valence-electron chi connectivity index (χ3n) is 5.40. The summed E-state index contributed by atoms with van der Waals surface area (Å²) < 4.78 is 0. The number of pyridine rings is 1. The summed E-state index contributed by atoms with van der Waals surface area (Å²) in [6.07, 6.45) is 10.4. The fourth-order valence-electron chi connectivity index (χ4n) is 3.68. The summed E-state index contributed by atoms with van der Waals surface area (Å²) in [6, 6.07) is 10.1. The lowest BCUT2D eigenvalue weighted by Crippen LogP contribution is -2.38. The highest BCUT2D eigenvalue weighted by atomic mass is 16.3. The number of rotatable bonds is 7. The number of likely N-dealkylation sites (tertiary alicyclic amines) is 1. The van der Waals surface area contributed by atoms with Gasteiger partial charge in [-0.3, -0.25) is 20.1 Å². The van der Waals surface area contributed by atoms with Crippen LogP contribution >= 0.6 is 0 Å². The van der Waals surface area contributed by atoms with Gasteiger partial charge in [0.1, 0.15) is 5.75 Å². The maximum atomic E-state index is 12.6. The minimum Gasteiger partial charge on any atom is -0.508 e. The van der Waals surface area contributed by atoms with Crippen LogP contribution in [0.5, 0.6) is 5.75 Å². The van der Waals surface area contributed by atoms with Crippen LogP contribution < -0.4 is 10.6 Å². The summed E-state index contributed by atoms with van der Waals surface area (Å²) in [4.78, 5) is 22.9. The van der Waals surface area contributed by atoms with Crippen molar-refractivity contribution < 1.29 is 9.90 Å². The van der Waals surface area contributed by atoms with Gasteiger partial charge in [0, 0.05) is 31.4 Å². The van der Waals surface area contributed by atoms with Crippen molar-refractivity contribution in [1.29, 1.82) is 5.26 Å². The maximum Gasteiger partial charge on any atom is 0.253 e. The van der Waals surface area contributed by atoms with Gasteiger partial charge in [-0.2, -0.15) is 5.26 Å². The highest BCUT2D eigenvalue weighted by molar-refractivity contribution is 5.94. The van der Waals surface area contributed by atoms with Crippen LogP contribution in [0.15, 0.2) is 53.8 Å². The largest absolute Gasteiger partial charge is 0.508 e. The molecule has 1 aliphatic heterocycles. The number of hydrogen-bond donors (Lipinski definition) is 3. The standard InChI is InChI=1S/C23H28N6O2/c24-17-27-23(28-20-5-3-12-25-16-20)26-13-2-1-4-18-10-14-29(15-11-18)22(31)19-6-8-21(30)9-7-19/h3,5-9,12,16,18,30H,1-2,4,10-11,13-15H2,(H2,26,27,28). The number of carbonyl (C=O) groups is 1. The van der Waals surface area contributed by atoms with E-state index in [-0.39, 0.29) is 11.7 Å². The Bertz CT molecular complexity index is 900. The number of nitrogens with one attached hydrogen (secondary N) is 2. The van der Waals surface area contributed by atoms with Gasteiger partial charge in [0.15, 0.2) is 6.19 Å². The molecule has 3 N–H and O–H groups in total. The van der Waals surface area contributed by atoms with Crippen molar-refractivity contribution in [1.82, 2.24) is 15.2 Å². The molecule has 3 rings (SSSR count). The Labute approximate surface area is 182 Å². The Morgan fingerprint density at radius 2 is 2.00 bits per heavy atom. The van der Waals surface area contributed by atoms with Gasteiger partial charge in [0.25, 0.3) is 5.91 Å². The van der Waals surface area contributed by atoms with Crippen LogP contribution in [0.1, 0.15) is 42.5 Å². The molecule has 1 aromatic heterocycles. The number of nitriles is 1. The number of aromatic hydroxyl groups is 1. The van der Waals surface area contributed by atoms with E-state index >= 15 is 0 Å². The number of nitrogens with zero attached hydrogens (tertiary/aromatic N) is 4. The van der Waals surface area contributed by atoms with E-state index in [1.807, 2.05) is 23.2 Å². The number of amides is 1. The second-order valence-corrected chi connectivity index (χ2v) is 7.61. The number of unbranched alkanes of at least 4 members (excludes halogenated alkanes) is 1. The lowest BCUT2D eigenvalue weighted by Gasteiger charge is -2.32. The molecule has 8 heteroatoms. The molecule has 2 heterocycles. The SMILES string of the molecule is N#CNC(=NCCCCC1CCN(C(=O)c2ccc(O)cc2)CC1)Nc1cccnc1. The summed E-state index contributed by atoms with van der Waals surface area (Å²) in [6.45, 7) is 2.18. The van der Waals surface area contributed by atoms with Crippen molar-refractivity contribution >= 4 is 17.6 Å². The molecule has 0 atom stereocenters. The lowest BCUT2D eigenvalue weighted by atomic mass is 9.91. The Balaban J connectivity index is 1.36. The zero-order chi connectivity index (χ0) is 21.9. The van der Waals surface area contributed by atoms with E-state index in [0.29, 0.717) is 24.0 Å². The molecule has 8 nitrogen and oxygen atoms in total. The van der Waals surface area contributed by atoms with E-state index in [1.54, 1.807) is 36.7 Å². The summed E-state index contributed by atoms with van der Waals surface area (Å²) in [7, 11) is 0. The molecule has 1 amide bonds. The fourth-order valence-corrected chi connectivity index (χ4v) is 3.68. The monoisotopic (exact) mass is 420 g/mol. The lowest BCUT2D eigenvalue weighted by molar-refractivity contribution is 0.0686. The molecular formula is C23H28N6O2.